The molecule has 3 heteroatoms. The summed E-state index contributed by atoms with van der Waals surface area (Å²) in [5.74, 6) is 0.698. The zero-order valence-electron chi connectivity index (χ0n) is 9.06. The van der Waals surface area contributed by atoms with E-state index in [1.54, 1.807) is 0 Å². The zero-order valence-corrected chi connectivity index (χ0v) is 9.82. The molecule has 0 radical (unpaired) electrons. The van der Waals surface area contributed by atoms with E-state index < -0.39 is 0 Å². The molecule has 17 heavy (non-hydrogen) atoms. The van der Waals surface area contributed by atoms with Gasteiger partial charge in [0.2, 0.25) is 0 Å². The van der Waals surface area contributed by atoms with Crippen LogP contribution >= 0.6 is 11.6 Å². The second kappa shape index (κ2) is 5.38. The monoisotopic (exact) mass is 243 g/mol. The van der Waals surface area contributed by atoms with Crippen LogP contribution in [0.5, 0.6) is 5.75 Å². The molecule has 0 aliphatic rings. The number of ether oxygens (including phenoxy) is 1. The van der Waals surface area contributed by atoms with Gasteiger partial charge in [-0.15, -0.1) is 0 Å². The van der Waals surface area contributed by atoms with Crippen molar-refractivity contribution in [3.63, 3.8) is 0 Å². The molecule has 0 heterocycles. The first-order chi connectivity index (χ1) is 8.29. The number of hydrogen-bond donors (Lipinski definition) is 0. The second-order valence-electron chi connectivity index (χ2n) is 3.48. The third-order valence-corrected chi connectivity index (χ3v) is 2.59. The highest BCUT2D eigenvalue weighted by molar-refractivity contribution is 6.30. The van der Waals surface area contributed by atoms with Gasteiger partial charge in [0.05, 0.1) is 0 Å². The van der Waals surface area contributed by atoms with Crippen LogP contribution in [0.25, 0.3) is 11.1 Å². The maximum atomic E-state index is 8.40. The van der Waals surface area contributed by atoms with Crippen molar-refractivity contribution in [1.82, 2.24) is 0 Å². The number of rotatable bonds is 3. The fourth-order valence-electron chi connectivity index (χ4n) is 1.50. The highest BCUT2D eigenvalue weighted by Gasteiger charge is 1.98. The molecule has 0 bridgehead atoms. The predicted octanol–water partition coefficient (Wildman–Crippen LogP) is 3.91. The minimum Gasteiger partial charge on any atom is -0.479 e. The molecule has 0 N–H and O–H groups in total. The number of halogens is 1. The Bertz CT molecular complexity index is 526. The molecule has 0 amide bonds. The molecule has 0 saturated heterocycles. The Hall–Kier alpha value is -1.98. The van der Waals surface area contributed by atoms with Gasteiger partial charge in [0.25, 0.3) is 0 Å². The molecule has 0 saturated carbocycles. The van der Waals surface area contributed by atoms with Crippen molar-refractivity contribution in [2.75, 3.05) is 6.61 Å². The first-order valence-electron chi connectivity index (χ1n) is 5.15. The Morgan fingerprint density at radius 3 is 2.00 bits per heavy atom. The van der Waals surface area contributed by atoms with Gasteiger partial charge in [-0.2, -0.15) is 5.26 Å². The van der Waals surface area contributed by atoms with Gasteiger partial charge in [-0.25, -0.2) is 0 Å². The minimum atomic E-state index is 0.0697. The van der Waals surface area contributed by atoms with E-state index in [0.29, 0.717) is 5.75 Å². The van der Waals surface area contributed by atoms with Crippen LogP contribution in [0, 0.1) is 11.3 Å². The maximum absolute atomic E-state index is 8.40. The van der Waals surface area contributed by atoms with Gasteiger partial charge in [-0.05, 0) is 35.4 Å². The van der Waals surface area contributed by atoms with Gasteiger partial charge in [0.15, 0.2) is 6.61 Å². The van der Waals surface area contributed by atoms with Crippen LogP contribution < -0.4 is 4.74 Å². The standard InChI is InChI=1S/C14H10ClNO/c15-13-5-1-11(2-6-13)12-3-7-14(8-4-12)17-10-9-16/h1-8H,10H2. The molecule has 0 atom stereocenters. The number of nitrogens with zero attached hydrogens (tertiary/aromatic N) is 1. The lowest BCUT2D eigenvalue weighted by Crippen LogP contribution is -1.92. The molecular formula is C14H10ClNO. The molecular weight excluding hydrogens is 234 g/mol. The number of hydrogen-bond acceptors (Lipinski definition) is 2. The van der Waals surface area contributed by atoms with Crippen molar-refractivity contribution in [3.05, 3.63) is 53.6 Å². The van der Waals surface area contributed by atoms with Crippen molar-refractivity contribution in [2.45, 2.75) is 0 Å². The highest BCUT2D eigenvalue weighted by atomic mass is 35.5. The second-order valence-corrected chi connectivity index (χ2v) is 3.91. The smallest absolute Gasteiger partial charge is 0.174 e. The van der Waals surface area contributed by atoms with Crippen LogP contribution in [-0.2, 0) is 0 Å². The Balaban J connectivity index is 2.18. The summed E-state index contributed by atoms with van der Waals surface area (Å²) in [4.78, 5) is 0. The molecule has 2 aromatic carbocycles. The summed E-state index contributed by atoms with van der Waals surface area (Å²) in [5.41, 5.74) is 2.19. The fourth-order valence-corrected chi connectivity index (χ4v) is 1.63. The predicted molar refractivity (Wildman–Crippen MR) is 68.0 cm³/mol. The first-order valence-corrected chi connectivity index (χ1v) is 5.53. The molecule has 0 spiro atoms. The molecule has 0 fully saturated rings. The Morgan fingerprint density at radius 1 is 0.941 bits per heavy atom. The third kappa shape index (κ3) is 2.99. The molecule has 0 aliphatic carbocycles. The van der Waals surface area contributed by atoms with Crippen LogP contribution in [0.1, 0.15) is 0 Å². The lowest BCUT2D eigenvalue weighted by Gasteiger charge is -2.04. The van der Waals surface area contributed by atoms with Crippen LogP contribution in [0.4, 0.5) is 0 Å². The van der Waals surface area contributed by atoms with Crippen molar-refractivity contribution in [2.24, 2.45) is 0 Å². The summed E-state index contributed by atoms with van der Waals surface area (Å²) >= 11 is 5.83. The summed E-state index contributed by atoms with van der Waals surface area (Å²) in [6.07, 6.45) is 0. The number of benzene rings is 2. The van der Waals surface area contributed by atoms with E-state index in [9.17, 15) is 0 Å². The molecule has 2 nitrogen and oxygen atoms in total. The Labute approximate surface area is 105 Å². The first kappa shape index (κ1) is 11.5. The van der Waals surface area contributed by atoms with Crippen molar-refractivity contribution in [3.8, 4) is 22.9 Å². The van der Waals surface area contributed by atoms with Crippen LogP contribution in [0.15, 0.2) is 48.5 Å². The van der Waals surface area contributed by atoms with Gasteiger partial charge in [-0.1, -0.05) is 35.9 Å². The van der Waals surface area contributed by atoms with Crippen molar-refractivity contribution >= 4 is 11.6 Å². The van der Waals surface area contributed by atoms with Gasteiger partial charge >= 0.3 is 0 Å². The molecule has 2 rings (SSSR count). The van der Waals surface area contributed by atoms with Crippen LogP contribution in [-0.4, -0.2) is 6.61 Å². The quantitative estimate of drug-likeness (QED) is 0.819. The molecule has 0 aliphatic heterocycles. The molecule has 84 valence electrons. The van der Waals surface area contributed by atoms with E-state index in [2.05, 4.69) is 0 Å². The van der Waals surface area contributed by atoms with Crippen LogP contribution in [0.3, 0.4) is 0 Å². The summed E-state index contributed by atoms with van der Waals surface area (Å²) < 4.78 is 5.18. The average molecular weight is 244 g/mol. The Morgan fingerprint density at radius 2 is 1.47 bits per heavy atom. The highest BCUT2D eigenvalue weighted by Crippen LogP contribution is 2.23. The topological polar surface area (TPSA) is 33.0 Å². The van der Waals surface area contributed by atoms with E-state index in [1.165, 1.54) is 0 Å². The van der Waals surface area contributed by atoms with Crippen LogP contribution in [0.2, 0.25) is 5.02 Å². The van der Waals surface area contributed by atoms with E-state index in [0.717, 1.165) is 16.1 Å². The van der Waals surface area contributed by atoms with Gasteiger partial charge in [0, 0.05) is 5.02 Å². The lowest BCUT2D eigenvalue weighted by atomic mass is 10.1. The summed E-state index contributed by atoms with van der Waals surface area (Å²) in [6, 6.07) is 17.2. The minimum absolute atomic E-state index is 0.0697. The largest absolute Gasteiger partial charge is 0.479 e. The van der Waals surface area contributed by atoms with Gasteiger partial charge in [0.1, 0.15) is 11.8 Å². The molecule has 2 aromatic rings. The summed E-state index contributed by atoms with van der Waals surface area (Å²) in [5, 5.41) is 9.12. The van der Waals surface area contributed by atoms with Crippen molar-refractivity contribution in [1.29, 1.82) is 5.26 Å². The summed E-state index contributed by atoms with van der Waals surface area (Å²) in [7, 11) is 0. The van der Waals surface area contributed by atoms with Gasteiger partial charge < -0.3 is 4.74 Å². The van der Waals surface area contributed by atoms with Crippen molar-refractivity contribution < 1.29 is 4.74 Å². The van der Waals surface area contributed by atoms with Gasteiger partial charge in [-0.3, -0.25) is 0 Å². The maximum Gasteiger partial charge on any atom is 0.174 e. The molecule has 0 aromatic heterocycles. The fraction of sp³-hybridized carbons (Fsp3) is 0.0714. The summed E-state index contributed by atoms with van der Waals surface area (Å²) in [6.45, 7) is 0.0697. The number of nitriles is 1. The Kier molecular flexibility index (Phi) is 3.64. The SMILES string of the molecule is N#CCOc1ccc(-c2ccc(Cl)cc2)cc1. The van der Waals surface area contributed by atoms with E-state index in [1.807, 2.05) is 54.6 Å². The average Bonchev–Trinajstić information content (AvgIpc) is 2.38. The lowest BCUT2D eigenvalue weighted by molar-refractivity contribution is 0.368. The third-order valence-electron chi connectivity index (χ3n) is 2.34. The molecule has 0 unspecified atom stereocenters. The van der Waals surface area contributed by atoms with E-state index >= 15 is 0 Å². The van der Waals surface area contributed by atoms with E-state index in [-0.39, 0.29) is 6.61 Å². The van der Waals surface area contributed by atoms with E-state index in [4.69, 9.17) is 21.6 Å². The normalized spacial score (nSPS) is 9.65. The zero-order chi connectivity index (χ0) is 12.1.